The van der Waals surface area contributed by atoms with Gasteiger partial charge in [-0.25, -0.2) is 0 Å². The monoisotopic (exact) mass is 349 g/mol. The molecule has 1 saturated heterocycles. The first kappa shape index (κ1) is 17.9. The molecular weight excluding hydrogens is 327 g/mol. The van der Waals surface area contributed by atoms with Gasteiger partial charge in [-0.15, -0.1) is 0 Å². The third kappa shape index (κ3) is 4.19. The lowest BCUT2D eigenvalue weighted by molar-refractivity contribution is -0.137. The maximum atomic E-state index is 13.1. The molecule has 1 aromatic heterocycles. The van der Waals surface area contributed by atoms with Gasteiger partial charge < -0.3 is 5.32 Å². The first-order chi connectivity index (χ1) is 12.0. The van der Waals surface area contributed by atoms with E-state index in [0.29, 0.717) is 5.56 Å². The summed E-state index contributed by atoms with van der Waals surface area (Å²) < 4.78 is 39.4. The molecule has 6 heteroatoms. The Kier molecular flexibility index (Phi) is 5.39. The van der Waals surface area contributed by atoms with Gasteiger partial charge in [0.05, 0.1) is 17.3 Å². The van der Waals surface area contributed by atoms with Crippen molar-refractivity contribution in [3.63, 3.8) is 0 Å². The second kappa shape index (κ2) is 7.54. The van der Waals surface area contributed by atoms with E-state index in [4.69, 9.17) is 0 Å². The summed E-state index contributed by atoms with van der Waals surface area (Å²) in [6, 6.07) is 9.28. The summed E-state index contributed by atoms with van der Waals surface area (Å²) >= 11 is 0. The lowest BCUT2D eigenvalue weighted by atomic mass is 9.98. The summed E-state index contributed by atoms with van der Waals surface area (Å²) in [6.07, 6.45) is -1.64. The second-order valence-corrected chi connectivity index (χ2v) is 6.26. The molecule has 1 unspecified atom stereocenters. The van der Waals surface area contributed by atoms with Crippen LogP contribution in [0.2, 0.25) is 0 Å². The number of rotatable bonds is 4. The highest BCUT2D eigenvalue weighted by Gasteiger charge is 2.32. The van der Waals surface area contributed by atoms with Gasteiger partial charge in [0.1, 0.15) is 0 Å². The van der Waals surface area contributed by atoms with Gasteiger partial charge in [-0.2, -0.15) is 13.2 Å². The fourth-order valence-electron chi connectivity index (χ4n) is 3.20. The number of halogens is 3. The van der Waals surface area contributed by atoms with Gasteiger partial charge in [0.15, 0.2) is 0 Å². The van der Waals surface area contributed by atoms with E-state index in [0.717, 1.165) is 49.9 Å². The number of pyridine rings is 1. The Morgan fingerprint density at radius 2 is 1.92 bits per heavy atom. The fraction of sp³-hybridized carbons (Fsp3) is 0.421. The molecule has 0 bridgehead atoms. The Bertz CT molecular complexity index is 692. The predicted octanol–water partition coefficient (Wildman–Crippen LogP) is 3.66. The quantitative estimate of drug-likeness (QED) is 0.913. The van der Waals surface area contributed by atoms with Crippen molar-refractivity contribution >= 4 is 0 Å². The average molecular weight is 349 g/mol. The van der Waals surface area contributed by atoms with Crippen LogP contribution in [0.15, 0.2) is 42.6 Å². The number of hydrogen-bond donors (Lipinski definition) is 1. The van der Waals surface area contributed by atoms with Crippen LogP contribution in [0.1, 0.15) is 35.3 Å². The number of aryl methyl sites for hydroxylation is 1. The predicted molar refractivity (Wildman–Crippen MR) is 91.3 cm³/mol. The smallest absolute Gasteiger partial charge is 0.314 e. The third-order valence-corrected chi connectivity index (χ3v) is 4.58. The van der Waals surface area contributed by atoms with Crippen LogP contribution in [0.5, 0.6) is 0 Å². The van der Waals surface area contributed by atoms with Crippen molar-refractivity contribution in [2.75, 3.05) is 26.2 Å². The van der Waals surface area contributed by atoms with Crippen molar-refractivity contribution in [2.24, 2.45) is 0 Å². The maximum absolute atomic E-state index is 13.1. The number of alkyl halides is 3. The molecule has 1 fully saturated rings. The highest BCUT2D eigenvalue weighted by atomic mass is 19.4. The molecule has 0 amide bonds. The molecular formula is C19H22F3N3. The van der Waals surface area contributed by atoms with Crippen molar-refractivity contribution in [1.82, 2.24) is 15.2 Å². The van der Waals surface area contributed by atoms with E-state index in [2.05, 4.69) is 22.1 Å². The zero-order valence-corrected chi connectivity index (χ0v) is 14.2. The lowest BCUT2D eigenvalue weighted by Gasteiger charge is -2.35. The summed E-state index contributed by atoms with van der Waals surface area (Å²) in [5, 5.41) is 3.28. The first-order valence-corrected chi connectivity index (χ1v) is 8.56. The minimum atomic E-state index is -4.34. The molecule has 0 radical (unpaired) electrons. The van der Waals surface area contributed by atoms with Crippen LogP contribution < -0.4 is 5.32 Å². The number of nitrogens with one attached hydrogen (secondary N) is 1. The van der Waals surface area contributed by atoms with E-state index >= 15 is 0 Å². The number of piperazine rings is 1. The van der Waals surface area contributed by atoms with Crippen molar-refractivity contribution in [3.8, 4) is 0 Å². The zero-order chi connectivity index (χ0) is 17.9. The van der Waals surface area contributed by atoms with Crippen LogP contribution in [0.25, 0.3) is 0 Å². The minimum absolute atomic E-state index is 0.268. The molecule has 0 aliphatic carbocycles. The van der Waals surface area contributed by atoms with E-state index in [1.807, 2.05) is 18.3 Å². The van der Waals surface area contributed by atoms with Gasteiger partial charge in [0, 0.05) is 32.4 Å². The van der Waals surface area contributed by atoms with Gasteiger partial charge in [0.2, 0.25) is 0 Å². The van der Waals surface area contributed by atoms with Crippen LogP contribution in [0.3, 0.4) is 0 Å². The Morgan fingerprint density at radius 1 is 1.16 bits per heavy atom. The summed E-state index contributed by atoms with van der Waals surface area (Å²) in [5.41, 5.74) is 1.93. The van der Waals surface area contributed by atoms with E-state index < -0.39 is 11.7 Å². The number of nitrogens with zero attached hydrogens (tertiary/aromatic N) is 2. The van der Waals surface area contributed by atoms with Crippen LogP contribution >= 0.6 is 0 Å². The number of hydrogen-bond acceptors (Lipinski definition) is 3. The molecule has 1 atom stereocenters. The number of aromatic nitrogens is 1. The molecule has 134 valence electrons. The summed E-state index contributed by atoms with van der Waals surface area (Å²) in [7, 11) is 0. The summed E-state index contributed by atoms with van der Waals surface area (Å²) in [4.78, 5) is 6.74. The third-order valence-electron chi connectivity index (χ3n) is 4.58. The molecule has 3 nitrogen and oxygen atoms in total. The summed E-state index contributed by atoms with van der Waals surface area (Å²) in [6.45, 7) is 5.25. The highest BCUT2D eigenvalue weighted by Crippen LogP contribution is 2.34. The number of benzene rings is 1. The molecule has 2 aromatic rings. The van der Waals surface area contributed by atoms with Gasteiger partial charge in [-0.3, -0.25) is 9.88 Å². The first-order valence-electron chi connectivity index (χ1n) is 8.56. The van der Waals surface area contributed by atoms with Gasteiger partial charge >= 0.3 is 6.18 Å². The maximum Gasteiger partial charge on any atom is 0.416 e. The normalized spacial score (nSPS) is 17.4. The molecule has 1 aliphatic rings. The average Bonchev–Trinajstić information content (AvgIpc) is 2.63. The Morgan fingerprint density at radius 3 is 2.52 bits per heavy atom. The van der Waals surface area contributed by atoms with Crippen molar-refractivity contribution in [1.29, 1.82) is 0 Å². The lowest BCUT2D eigenvalue weighted by Crippen LogP contribution is -2.45. The Labute approximate surface area is 145 Å². The van der Waals surface area contributed by atoms with Gasteiger partial charge in [0.25, 0.3) is 0 Å². The molecule has 0 saturated carbocycles. The summed E-state index contributed by atoms with van der Waals surface area (Å²) in [5.74, 6) is 0. The molecule has 1 N–H and O–H groups in total. The SMILES string of the molecule is CCc1ccc(C(c2cccc(C(F)(F)F)c2)N2CCNCC2)nc1. The van der Waals surface area contributed by atoms with E-state index in [1.165, 1.54) is 12.1 Å². The standard InChI is InChI=1S/C19H22F3N3/c1-2-14-6-7-17(24-13-14)18(25-10-8-23-9-11-25)15-4-3-5-16(12-15)19(20,21)22/h3-7,12-13,18,23H,2,8-11H2,1H3. The van der Waals surface area contributed by atoms with E-state index in [9.17, 15) is 13.2 Å². The molecule has 2 heterocycles. The zero-order valence-electron chi connectivity index (χ0n) is 14.2. The van der Waals surface area contributed by atoms with Crippen LogP contribution in [-0.2, 0) is 12.6 Å². The van der Waals surface area contributed by atoms with E-state index in [-0.39, 0.29) is 6.04 Å². The fourth-order valence-corrected chi connectivity index (χ4v) is 3.20. The van der Waals surface area contributed by atoms with Crippen molar-refractivity contribution < 1.29 is 13.2 Å². The van der Waals surface area contributed by atoms with Crippen molar-refractivity contribution in [3.05, 3.63) is 65.0 Å². The molecule has 1 aliphatic heterocycles. The molecule has 0 spiro atoms. The van der Waals surface area contributed by atoms with Crippen molar-refractivity contribution in [2.45, 2.75) is 25.6 Å². The molecule has 25 heavy (non-hydrogen) atoms. The minimum Gasteiger partial charge on any atom is -0.314 e. The second-order valence-electron chi connectivity index (χ2n) is 6.26. The van der Waals surface area contributed by atoms with Crippen LogP contribution in [0.4, 0.5) is 13.2 Å². The molecule has 3 rings (SSSR count). The topological polar surface area (TPSA) is 28.2 Å². The largest absolute Gasteiger partial charge is 0.416 e. The Hall–Kier alpha value is -1.92. The van der Waals surface area contributed by atoms with Crippen LogP contribution in [0, 0.1) is 0 Å². The van der Waals surface area contributed by atoms with Gasteiger partial charge in [-0.1, -0.05) is 25.1 Å². The molecule has 1 aromatic carbocycles. The van der Waals surface area contributed by atoms with Gasteiger partial charge in [-0.05, 0) is 35.7 Å². The highest BCUT2D eigenvalue weighted by molar-refractivity contribution is 5.33. The van der Waals surface area contributed by atoms with E-state index in [1.54, 1.807) is 6.07 Å². The van der Waals surface area contributed by atoms with Crippen LogP contribution in [-0.4, -0.2) is 36.1 Å². The Balaban J connectivity index is 2.01.